The molecule has 1 saturated heterocycles. The number of likely N-dealkylation sites (N-methyl/N-ethyl adjacent to an activating group) is 2. The molecule has 1 fully saturated rings. The summed E-state index contributed by atoms with van der Waals surface area (Å²) in [6, 6.07) is 69.2. The average Bonchev–Trinajstić information content (AvgIpc) is 3.26. The van der Waals surface area contributed by atoms with Gasteiger partial charge >= 0.3 is 0 Å². The second-order valence-corrected chi connectivity index (χ2v) is 14.9. The standard InChI is InChI=1S/C52H40N2O/c1-53-35-51(40-29-17-7-18-30-40)44-33-42-43(34-45(44)52(53,54(2)50(51)55)41-31-19-8-20-32-41)47(37-23-11-4-12-24-37)49(39-27-15-6-16-28-39)48(38-25-13-5-14-26-38)46(42)36-21-9-3-10-22-36/h3-34H,35H2,1-2H3. The van der Waals surface area contributed by atoms with Crippen molar-refractivity contribution < 1.29 is 4.79 Å². The van der Waals surface area contributed by atoms with Crippen LogP contribution in [0, 0.1) is 0 Å². The molecule has 3 aliphatic rings. The second kappa shape index (κ2) is 12.8. The van der Waals surface area contributed by atoms with E-state index in [9.17, 15) is 0 Å². The monoisotopic (exact) mass is 708 g/mol. The molecule has 0 aliphatic carbocycles. The van der Waals surface area contributed by atoms with Crippen LogP contribution in [0.3, 0.4) is 0 Å². The minimum absolute atomic E-state index is 0.112. The van der Waals surface area contributed by atoms with Gasteiger partial charge in [-0.15, -0.1) is 0 Å². The smallest absolute Gasteiger partial charge is 0.240 e. The van der Waals surface area contributed by atoms with E-state index in [1.54, 1.807) is 0 Å². The Morgan fingerprint density at radius 1 is 0.418 bits per heavy atom. The first kappa shape index (κ1) is 33.1. The van der Waals surface area contributed by atoms with Gasteiger partial charge in [0.05, 0.1) is 0 Å². The minimum atomic E-state index is -0.920. The van der Waals surface area contributed by atoms with E-state index in [1.165, 1.54) is 16.7 Å². The number of hydrogen-bond donors (Lipinski definition) is 0. The van der Waals surface area contributed by atoms with Crippen LogP contribution in [0.2, 0.25) is 0 Å². The highest BCUT2D eigenvalue weighted by Crippen LogP contribution is 2.59. The molecule has 3 heteroatoms. The van der Waals surface area contributed by atoms with Gasteiger partial charge in [-0.1, -0.05) is 182 Å². The van der Waals surface area contributed by atoms with Crippen molar-refractivity contribution in [1.29, 1.82) is 0 Å². The zero-order chi connectivity index (χ0) is 37.1. The Labute approximate surface area is 322 Å². The lowest BCUT2D eigenvalue weighted by Crippen LogP contribution is -2.74. The molecule has 2 bridgehead atoms. The molecule has 0 aromatic heterocycles. The maximum atomic E-state index is 15.4. The van der Waals surface area contributed by atoms with E-state index in [2.05, 4.69) is 200 Å². The number of benzene rings is 8. The van der Waals surface area contributed by atoms with Gasteiger partial charge in [0.25, 0.3) is 0 Å². The number of carbonyl (C=O) groups excluding carboxylic acids is 1. The number of rotatable bonds is 6. The first-order chi connectivity index (χ1) is 27.0. The van der Waals surface area contributed by atoms with Crippen molar-refractivity contribution in [2.45, 2.75) is 11.1 Å². The van der Waals surface area contributed by atoms with E-state index in [1.807, 2.05) is 18.0 Å². The number of fused-ring (bicyclic) bond motifs is 3. The average molecular weight is 709 g/mol. The van der Waals surface area contributed by atoms with Gasteiger partial charge in [0.15, 0.2) is 0 Å². The molecule has 3 aliphatic heterocycles. The summed E-state index contributed by atoms with van der Waals surface area (Å²) >= 11 is 0. The lowest BCUT2D eigenvalue weighted by Gasteiger charge is -2.63. The maximum Gasteiger partial charge on any atom is 0.240 e. The van der Waals surface area contributed by atoms with E-state index >= 15 is 4.79 Å². The zero-order valence-corrected chi connectivity index (χ0v) is 31.0. The number of carbonyl (C=O) groups is 1. The largest absolute Gasteiger partial charge is 0.318 e. The van der Waals surface area contributed by atoms with E-state index in [-0.39, 0.29) is 5.91 Å². The highest BCUT2D eigenvalue weighted by atomic mass is 16.2. The molecule has 3 nitrogen and oxygen atoms in total. The molecule has 264 valence electrons. The SMILES string of the molecule is CN1CC2(c3ccccc3)C(=O)N(C)C1(c1ccccc1)c1cc3c(-c4ccccc4)c(-c4ccccc4)c(-c4ccccc4)c(-c4ccccc4)c3cc12. The summed E-state index contributed by atoms with van der Waals surface area (Å²) in [6.45, 7) is 0.549. The quantitative estimate of drug-likeness (QED) is 0.172. The highest BCUT2D eigenvalue weighted by molar-refractivity contribution is 6.19. The maximum absolute atomic E-state index is 15.4. The molecule has 2 unspecified atom stereocenters. The van der Waals surface area contributed by atoms with Gasteiger partial charge in [0.1, 0.15) is 11.1 Å². The normalized spacial score (nSPS) is 19.1. The molecule has 0 spiro atoms. The summed E-state index contributed by atoms with van der Waals surface area (Å²) in [5, 5.41) is 2.29. The fourth-order valence-corrected chi connectivity index (χ4v) is 9.92. The van der Waals surface area contributed by atoms with Gasteiger partial charge in [-0.25, -0.2) is 0 Å². The molecule has 2 atom stereocenters. The lowest BCUT2D eigenvalue weighted by molar-refractivity contribution is -0.162. The first-order valence-corrected chi connectivity index (χ1v) is 19.1. The lowest BCUT2D eigenvalue weighted by atomic mass is 9.60. The summed E-state index contributed by atoms with van der Waals surface area (Å²) in [7, 11) is 4.18. The molecule has 0 saturated carbocycles. The van der Waals surface area contributed by atoms with Gasteiger partial charge in [-0.2, -0.15) is 0 Å². The van der Waals surface area contributed by atoms with Crippen LogP contribution in [0.15, 0.2) is 194 Å². The van der Waals surface area contributed by atoms with E-state index in [0.29, 0.717) is 6.54 Å². The number of nitrogens with zero attached hydrogens (tertiary/aromatic N) is 2. The molecular weight excluding hydrogens is 669 g/mol. The second-order valence-electron chi connectivity index (χ2n) is 14.9. The van der Waals surface area contributed by atoms with Crippen LogP contribution in [-0.4, -0.2) is 36.3 Å². The topological polar surface area (TPSA) is 23.6 Å². The van der Waals surface area contributed by atoms with E-state index < -0.39 is 11.1 Å². The Bertz CT molecular complexity index is 2700. The van der Waals surface area contributed by atoms with Crippen molar-refractivity contribution >= 4 is 16.7 Å². The van der Waals surface area contributed by atoms with Gasteiger partial charge in [-0.3, -0.25) is 9.69 Å². The first-order valence-electron chi connectivity index (χ1n) is 19.1. The summed E-state index contributed by atoms with van der Waals surface area (Å²) in [5.41, 5.74) is 11.8. The summed E-state index contributed by atoms with van der Waals surface area (Å²) < 4.78 is 0. The molecule has 1 amide bonds. The van der Waals surface area contributed by atoms with Crippen LogP contribution >= 0.6 is 0 Å². The Morgan fingerprint density at radius 2 is 0.764 bits per heavy atom. The van der Waals surface area contributed by atoms with Crippen molar-refractivity contribution in [3.8, 4) is 44.5 Å². The Hall–Kier alpha value is -6.55. The molecular formula is C52H40N2O. The molecule has 55 heavy (non-hydrogen) atoms. The molecule has 0 N–H and O–H groups in total. The molecule has 0 radical (unpaired) electrons. The minimum Gasteiger partial charge on any atom is -0.318 e. The van der Waals surface area contributed by atoms with Crippen LogP contribution in [0.1, 0.15) is 22.3 Å². The van der Waals surface area contributed by atoms with Crippen molar-refractivity contribution in [3.05, 3.63) is 216 Å². The van der Waals surface area contributed by atoms with Crippen LogP contribution in [0.25, 0.3) is 55.3 Å². The highest BCUT2D eigenvalue weighted by Gasteiger charge is 2.64. The van der Waals surface area contributed by atoms with Crippen LogP contribution in [0.4, 0.5) is 0 Å². The van der Waals surface area contributed by atoms with Gasteiger partial charge in [-0.05, 0) is 91.2 Å². The van der Waals surface area contributed by atoms with Gasteiger partial charge in [0.2, 0.25) is 5.91 Å². The van der Waals surface area contributed by atoms with Crippen molar-refractivity contribution in [2.75, 3.05) is 20.6 Å². The molecule has 8 aromatic rings. The fourth-order valence-electron chi connectivity index (χ4n) is 9.92. The molecule has 11 rings (SSSR count). The predicted molar refractivity (Wildman–Crippen MR) is 226 cm³/mol. The number of amides is 1. The third-order valence-electron chi connectivity index (χ3n) is 12.2. The zero-order valence-electron chi connectivity index (χ0n) is 31.0. The van der Waals surface area contributed by atoms with E-state index in [4.69, 9.17) is 0 Å². The molecule has 3 heterocycles. The van der Waals surface area contributed by atoms with Crippen LogP contribution in [0.5, 0.6) is 0 Å². The predicted octanol–water partition coefficient (Wildman–Crippen LogP) is 11.4. The third-order valence-corrected chi connectivity index (χ3v) is 12.2. The number of hydrogen-bond acceptors (Lipinski definition) is 2. The third kappa shape index (κ3) is 4.70. The van der Waals surface area contributed by atoms with Crippen molar-refractivity contribution in [2.24, 2.45) is 0 Å². The fraction of sp³-hybridized carbons (Fsp3) is 0.0962. The van der Waals surface area contributed by atoms with Gasteiger partial charge in [0, 0.05) is 19.2 Å². The van der Waals surface area contributed by atoms with Crippen LogP contribution in [-0.2, 0) is 15.9 Å². The molecule has 8 aromatic carbocycles. The van der Waals surface area contributed by atoms with Crippen LogP contribution < -0.4 is 0 Å². The summed E-state index contributed by atoms with van der Waals surface area (Å²) in [4.78, 5) is 19.8. The Morgan fingerprint density at radius 3 is 1.18 bits per heavy atom. The van der Waals surface area contributed by atoms with Gasteiger partial charge < -0.3 is 4.90 Å². The van der Waals surface area contributed by atoms with E-state index in [0.717, 1.165) is 60.8 Å². The van der Waals surface area contributed by atoms with Crippen molar-refractivity contribution in [1.82, 2.24) is 9.80 Å². The Kier molecular flexibility index (Phi) is 7.69. The summed E-state index contributed by atoms with van der Waals surface area (Å²) in [6.07, 6.45) is 0. The Balaban J connectivity index is 1.48. The van der Waals surface area contributed by atoms with Crippen molar-refractivity contribution in [3.63, 3.8) is 0 Å². The summed E-state index contributed by atoms with van der Waals surface area (Å²) in [5.74, 6) is 0.112.